The lowest BCUT2D eigenvalue weighted by atomic mass is 10.2. The minimum Gasteiger partial charge on any atom is -0.481 e. The Labute approximate surface area is 103 Å². The lowest BCUT2D eigenvalue weighted by Gasteiger charge is -2.14. The van der Waals surface area contributed by atoms with Crippen molar-refractivity contribution in [1.29, 1.82) is 0 Å². The number of carboxylic acids is 1. The van der Waals surface area contributed by atoms with E-state index in [0.29, 0.717) is 5.82 Å². The number of carbonyl (C=O) groups excluding carboxylic acids is 1. The molecule has 7 heteroatoms. The topological polar surface area (TPSA) is 95.1 Å². The number of hydrogen-bond acceptors (Lipinski definition) is 4. The van der Waals surface area contributed by atoms with E-state index in [0.717, 1.165) is 18.2 Å². The number of imidazole rings is 1. The molecule has 1 unspecified atom stereocenters. The number of carboxylic acid groups (broad SMARTS) is 1. The Morgan fingerprint density at radius 2 is 2.35 bits per heavy atom. The maximum absolute atomic E-state index is 11.5. The van der Waals surface area contributed by atoms with Crippen molar-refractivity contribution < 1.29 is 14.7 Å². The highest BCUT2D eigenvalue weighted by molar-refractivity contribution is 8.00. The summed E-state index contributed by atoms with van der Waals surface area (Å²) in [6, 6.07) is -0.150. The summed E-state index contributed by atoms with van der Waals surface area (Å²) in [4.78, 5) is 28.8. The Kier molecular flexibility index (Phi) is 5.55. The zero-order valence-corrected chi connectivity index (χ0v) is 10.3. The molecular weight excluding hydrogens is 242 g/mol. The van der Waals surface area contributed by atoms with E-state index in [2.05, 4.69) is 15.3 Å². The average molecular weight is 257 g/mol. The van der Waals surface area contributed by atoms with E-state index in [1.807, 2.05) is 6.92 Å². The predicted octanol–water partition coefficient (Wildman–Crippen LogP) is 0.795. The van der Waals surface area contributed by atoms with Gasteiger partial charge in [0.1, 0.15) is 5.82 Å². The molecule has 94 valence electrons. The van der Waals surface area contributed by atoms with Gasteiger partial charge in [0.05, 0.1) is 17.5 Å². The van der Waals surface area contributed by atoms with E-state index in [4.69, 9.17) is 5.11 Å². The molecule has 0 spiro atoms. The summed E-state index contributed by atoms with van der Waals surface area (Å²) >= 11 is 1.08. The molecule has 0 bridgehead atoms. The molecule has 6 nitrogen and oxygen atoms in total. The largest absolute Gasteiger partial charge is 0.481 e. The summed E-state index contributed by atoms with van der Waals surface area (Å²) in [5, 5.41) is 11.2. The summed E-state index contributed by atoms with van der Waals surface area (Å²) in [5.41, 5.74) is 0. The Morgan fingerprint density at radius 1 is 1.59 bits per heavy atom. The van der Waals surface area contributed by atoms with Crippen LogP contribution in [0.5, 0.6) is 0 Å². The fourth-order valence-corrected chi connectivity index (χ4v) is 1.84. The summed E-state index contributed by atoms with van der Waals surface area (Å²) in [6.45, 7) is 1.94. The van der Waals surface area contributed by atoms with Crippen molar-refractivity contribution in [1.82, 2.24) is 15.3 Å². The fraction of sp³-hybridized carbons (Fsp3) is 0.500. The van der Waals surface area contributed by atoms with Crippen molar-refractivity contribution in [3.8, 4) is 0 Å². The smallest absolute Gasteiger partial charge is 0.313 e. The molecule has 1 amide bonds. The van der Waals surface area contributed by atoms with Crippen LogP contribution in [-0.4, -0.2) is 38.5 Å². The van der Waals surface area contributed by atoms with Gasteiger partial charge in [-0.3, -0.25) is 9.59 Å². The average Bonchev–Trinajstić information content (AvgIpc) is 2.78. The lowest BCUT2D eigenvalue weighted by molar-refractivity contribution is -0.133. The van der Waals surface area contributed by atoms with Crippen molar-refractivity contribution in [3.05, 3.63) is 18.2 Å². The molecule has 1 atom stereocenters. The third-order valence-corrected chi connectivity index (χ3v) is 2.97. The van der Waals surface area contributed by atoms with Crippen LogP contribution < -0.4 is 5.32 Å². The van der Waals surface area contributed by atoms with E-state index in [1.54, 1.807) is 12.4 Å². The number of nitrogens with zero attached hydrogens (tertiary/aromatic N) is 1. The Bertz CT molecular complexity index is 367. The van der Waals surface area contributed by atoms with Gasteiger partial charge in [0.15, 0.2) is 0 Å². The van der Waals surface area contributed by atoms with Crippen LogP contribution in [-0.2, 0) is 9.59 Å². The highest BCUT2D eigenvalue weighted by Crippen LogP contribution is 2.11. The second-order valence-corrected chi connectivity index (χ2v) is 4.37. The van der Waals surface area contributed by atoms with Crippen LogP contribution in [0.2, 0.25) is 0 Å². The molecule has 0 fully saturated rings. The number of thioether (sulfide) groups is 1. The number of aromatic nitrogens is 2. The molecule has 0 radical (unpaired) electrons. The Balaban J connectivity index is 2.36. The normalized spacial score (nSPS) is 12.1. The standard InChI is InChI=1S/C10H15N3O3S/c1-2-7(10-11-3-4-12-10)13-8(14)5-17-6-9(15)16/h3-4,7H,2,5-6H2,1H3,(H,11,12)(H,13,14)(H,15,16). The number of rotatable bonds is 7. The zero-order chi connectivity index (χ0) is 12.7. The molecule has 1 aromatic rings. The van der Waals surface area contributed by atoms with E-state index in [1.165, 1.54) is 0 Å². The lowest BCUT2D eigenvalue weighted by Crippen LogP contribution is -2.30. The van der Waals surface area contributed by atoms with Gasteiger partial charge in [-0.05, 0) is 6.42 Å². The van der Waals surface area contributed by atoms with E-state index < -0.39 is 5.97 Å². The molecule has 17 heavy (non-hydrogen) atoms. The van der Waals surface area contributed by atoms with Crippen LogP contribution in [0.15, 0.2) is 12.4 Å². The number of hydrogen-bond donors (Lipinski definition) is 3. The van der Waals surface area contributed by atoms with E-state index in [-0.39, 0.29) is 23.5 Å². The van der Waals surface area contributed by atoms with Crippen LogP contribution in [0.25, 0.3) is 0 Å². The molecule has 0 aliphatic carbocycles. The summed E-state index contributed by atoms with van der Waals surface area (Å²) in [6.07, 6.45) is 4.05. The van der Waals surface area contributed by atoms with Gasteiger partial charge < -0.3 is 15.4 Å². The number of carbonyl (C=O) groups is 2. The number of H-pyrrole nitrogens is 1. The molecule has 0 aliphatic heterocycles. The van der Waals surface area contributed by atoms with Gasteiger partial charge in [0.2, 0.25) is 5.91 Å². The number of amides is 1. The highest BCUT2D eigenvalue weighted by atomic mass is 32.2. The van der Waals surface area contributed by atoms with Gasteiger partial charge in [-0.15, -0.1) is 11.8 Å². The molecule has 1 heterocycles. The molecule has 1 rings (SSSR count). The quantitative estimate of drug-likeness (QED) is 0.671. The van der Waals surface area contributed by atoms with Crippen LogP contribution in [0.4, 0.5) is 0 Å². The van der Waals surface area contributed by atoms with Gasteiger partial charge in [0, 0.05) is 12.4 Å². The third-order valence-electron chi connectivity index (χ3n) is 2.05. The van der Waals surface area contributed by atoms with Crippen LogP contribution >= 0.6 is 11.8 Å². The van der Waals surface area contributed by atoms with Crippen molar-refractivity contribution in [3.63, 3.8) is 0 Å². The van der Waals surface area contributed by atoms with E-state index >= 15 is 0 Å². The number of aromatic amines is 1. The van der Waals surface area contributed by atoms with Crippen LogP contribution in [0, 0.1) is 0 Å². The molecule has 1 aromatic heterocycles. The molecular formula is C10H15N3O3S. The first kappa shape index (κ1) is 13.6. The summed E-state index contributed by atoms with van der Waals surface area (Å²) < 4.78 is 0. The van der Waals surface area contributed by atoms with Gasteiger partial charge in [-0.25, -0.2) is 4.98 Å². The van der Waals surface area contributed by atoms with Gasteiger partial charge in [0.25, 0.3) is 0 Å². The van der Waals surface area contributed by atoms with Gasteiger partial charge in [-0.2, -0.15) is 0 Å². The van der Waals surface area contributed by atoms with E-state index in [9.17, 15) is 9.59 Å². The van der Waals surface area contributed by atoms with Crippen molar-refractivity contribution in [2.75, 3.05) is 11.5 Å². The third kappa shape index (κ3) is 4.90. The van der Waals surface area contributed by atoms with Gasteiger partial charge in [-0.1, -0.05) is 6.92 Å². The first-order valence-corrected chi connectivity index (χ1v) is 6.37. The molecule has 0 saturated carbocycles. The summed E-state index contributed by atoms with van der Waals surface area (Å²) in [7, 11) is 0. The second kappa shape index (κ2) is 6.95. The van der Waals surface area contributed by atoms with Crippen molar-refractivity contribution >= 4 is 23.6 Å². The molecule has 0 aromatic carbocycles. The zero-order valence-electron chi connectivity index (χ0n) is 9.47. The number of aliphatic carboxylic acids is 1. The first-order valence-electron chi connectivity index (χ1n) is 5.21. The van der Waals surface area contributed by atoms with Gasteiger partial charge >= 0.3 is 5.97 Å². The van der Waals surface area contributed by atoms with Crippen LogP contribution in [0.3, 0.4) is 0 Å². The molecule has 0 aliphatic rings. The molecule has 0 saturated heterocycles. The summed E-state index contributed by atoms with van der Waals surface area (Å²) in [5.74, 6) is -0.307. The Morgan fingerprint density at radius 3 is 2.88 bits per heavy atom. The second-order valence-electron chi connectivity index (χ2n) is 3.39. The SMILES string of the molecule is CCC(NC(=O)CSCC(=O)O)c1ncc[nH]1. The van der Waals surface area contributed by atoms with Crippen molar-refractivity contribution in [2.45, 2.75) is 19.4 Å². The maximum Gasteiger partial charge on any atom is 0.313 e. The Hall–Kier alpha value is -1.50. The molecule has 3 N–H and O–H groups in total. The number of nitrogens with one attached hydrogen (secondary N) is 2. The predicted molar refractivity (Wildman–Crippen MR) is 64.7 cm³/mol. The van der Waals surface area contributed by atoms with Crippen LogP contribution in [0.1, 0.15) is 25.2 Å². The van der Waals surface area contributed by atoms with Crippen molar-refractivity contribution in [2.24, 2.45) is 0 Å². The minimum atomic E-state index is -0.916. The highest BCUT2D eigenvalue weighted by Gasteiger charge is 2.14. The monoisotopic (exact) mass is 257 g/mol. The fourth-order valence-electron chi connectivity index (χ4n) is 1.30. The maximum atomic E-state index is 11.5. The first-order chi connectivity index (χ1) is 8.13. The minimum absolute atomic E-state index is 0.0645.